The average Bonchev–Trinajstić information content (AvgIpc) is 2.86. The van der Waals surface area contributed by atoms with E-state index in [1.54, 1.807) is 17.0 Å². The van der Waals surface area contributed by atoms with Gasteiger partial charge in [0.1, 0.15) is 5.82 Å². The summed E-state index contributed by atoms with van der Waals surface area (Å²) in [4.78, 5) is 28.6. The molecule has 2 atom stereocenters. The van der Waals surface area contributed by atoms with Gasteiger partial charge in [0.25, 0.3) is 0 Å². The van der Waals surface area contributed by atoms with Gasteiger partial charge in [0.05, 0.1) is 16.6 Å². The van der Waals surface area contributed by atoms with Crippen molar-refractivity contribution in [1.82, 2.24) is 15.1 Å². The van der Waals surface area contributed by atoms with E-state index in [0.717, 1.165) is 4.61 Å². The number of hydrogen-bond acceptors (Lipinski definition) is 3. The minimum atomic E-state index is -0.633. The summed E-state index contributed by atoms with van der Waals surface area (Å²) in [6.07, 6.45) is 0. The Bertz CT molecular complexity index is 805. The molecule has 1 aromatic rings. The highest BCUT2D eigenvalue weighted by atomic mass is 79.9. The lowest BCUT2D eigenvalue weighted by molar-refractivity contribution is -0.121. The molecule has 6 nitrogen and oxygen atoms in total. The number of benzene rings is 1. The lowest BCUT2D eigenvalue weighted by Crippen LogP contribution is -2.59. The summed E-state index contributed by atoms with van der Waals surface area (Å²) in [7, 11) is 0. The molecule has 0 bridgehead atoms. The first-order valence-corrected chi connectivity index (χ1v) is 9.66. The summed E-state index contributed by atoms with van der Waals surface area (Å²) in [6.45, 7) is 7.21. The van der Waals surface area contributed by atoms with Crippen LogP contribution in [0.2, 0.25) is 0 Å². The number of primary amides is 1. The molecule has 1 saturated heterocycles. The number of carbonyl (C=O) groups excluding carboxylic acids is 2. The molecule has 0 aliphatic carbocycles. The molecule has 0 spiro atoms. The molecule has 27 heavy (non-hydrogen) atoms. The molecule has 146 valence electrons. The standard InChI is InChI=1S/C19H24BrFN4O2/c1-19(2,3)23-18(27)24-7-8-25-13(10-24)15(17(22)26)14(16(25)20)11-5-4-6-12(21)9-11/h4-6,9,13,15H,7-8,10H2,1-3H3,(H2,22,26)(H,23,27). The number of amides is 3. The fraction of sp³-hybridized carbons (Fsp3) is 0.474. The van der Waals surface area contributed by atoms with Crippen LogP contribution >= 0.6 is 15.9 Å². The van der Waals surface area contributed by atoms with Gasteiger partial charge in [0, 0.05) is 30.7 Å². The summed E-state index contributed by atoms with van der Waals surface area (Å²) in [5.74, 6) is -1.50. The Balaban J connectivity index is 1.90. The van der Waals surface area contributed by atoms with E-state index in [1.165, 1.54) is 12.1 Å². The number of urea groups is 1. The van der Waals surface area contributed by atoms with E-state index < -0.39 is 11.8 Å². The predicted molar refractivity (Wildman–Crippen MR) is 105 cm³/mol. The zero-order valence-corrected chi connectivity index (χ0v) is 17.2. The molecule has 0 radical (unpaired) electrons. The molecule has 1 fully saturated rings. The van der Waals surface area contributed by atoms with Crippen LogP contribution in [0.3, 0.4) is 0 Å². The number of fused-ring (bicyclic) bond motifs is 1. The van der Waals surface area contributed by atoms with Crippen LogP contribution in [0.15, 0.2) is 28.9 Å². The minimum Gasteiger partial charge on any atom is -0.369 e. The van der Waals surface area contributed by atoms with Crippen molar-refractivity contribution in [3.8, 4) is 0 Å². The van der Waals surface area contributed by atoms with Gasteiger partial charge in [-0.05, 0) is 54.4 Å². The van der Waals surface area contributed by atoms with Crippen molar-refractivity contribution >= 4 is 33.4 Å². The Morgan fingerprint density at radius 2 is 2.00 bits per heavy atom. The van der Waals surface area contributed by atoms with Crippen LogP contribution in [-0.2, 0) is 4.79 Å². The molecular formula is C19H24BrFN4O2. The zero-order chi connectivity index (χ0) is 19.9. The summed E-state index contributed by atoms with van der Waals surface area (Å²) in [5, 5.41) is 2.95. The Kier molecular flexibility index (Phi) is 5.20. The van der Waals surface area contributed by atoms with Crippen molar-refractivity contribution in [2.75, 3.05) is 19.6 Å². The normalized spacial score (nSPS) is 22.7. The number of nitrogens with two attached hydrogens (primary N) is 1. The van der Waals surface area contributed by atoms with Gasteiger partial charge in [-0.2, -0.15) is 0 Å². The highest BCUT2D eigenvalue weighted by Crippen LogP contribution is 2.44. The van der Waals surface area contributed by atoms with Crippen molar-refractivity contribution < 1.29 is 14.0 Å². The van der Waals surface area contributed by atoms with Crippen LogP contribution in [0.4, 0.5) is 9.18 Å². The third-order valence-corrected chi connectivity index (χ3v) is 5.68. The number of carbonyl (C=O) groups is 2. The third kappa shape index (κ3) is 3.95. The van der Waals surface area contributed by atoms with Gasteiger partial charge in [-0.25, -0.2) is 9.18 Å². The van der Waals surface area contributed by atoms with Gasteiger partial charge in [-0.15, -0.1) is 0 Å². The summed E-state index contributed by atoms with van der Waals surface area (Å²) in [6, 6.07) is 5.68. The molecule has 8 heteroatoms. The second kappa shape index (κ2) is 7.14. The van der Waals surface area contributed by atoms with E-state index >= 15 is 0 Å². The third-order valence-electron chi connectivity index (χ3n) is 4.80. The van der Waals surface area contributed by atoms with Crippen LogP contribution in [0.5, 0.6) is 0 Å². The summed E-state index contributed by atoms with van der Waals surface area (Å²) in [5.41, 5.74) is 6.66. The lowest BCUT2D eigenvalue weighted by atomic mass is 9.88. The zero-order valence-electron chi connectivity index (χ0n) is 15.6. The van der Waals surface area contributed by atoms with E-state index in [2.05, 4.69) is 21.2 Å². The number of rotatable bonds is 2. The number of hydrogen-bond donors (Lipinski definition) is 2. The van der Waals surface area contributed by atoms with Crippen molar-refractivity contribution in [2.24, 2.45) is 11.7 Å². The number of nitrogens with one attached hydrogen (secondary N) is 1. The van der Waals surface area contributed by atoms with Crippen molar-refractivity contribution in [2.45, 2.75) is 32.4 Å². The Morgan fingerprint density at radius 1 is 1.30 bits per heavy atom. The predicted octanol–water partition coefficient (Wildman–Crippen LogP) is 2.50. The maximum absolute atomic E-state index is 13.7. The highest BCUT2D eigenvalue weighted by molar-refractivity contribution is 9.11. The second-order valence-electron chi connectivity index (χ2n) is 7.98. The van der Waals surface area contributed by atoms with Crippen LogP contribution in [-0.4, -0.2) is 53.0 Å². The van der Waals surface area contributed by atoms with Gasteiger partial charge in [0.2, 0.25) is 5.91 Å². The van der Waals surface area contributed by atoms with Crippen molar-refractivity contribution in [3.05, 3.63) is 40.3 Å². The molecule has 2 aliphatic heterocycles. The van der Waals surface area contributed by atoms with Crippen molar-refractivity contribution in [1.29, 1.82) is 0 Å². The van der Waals surface area contributed by atoms with Gasteiger partial charge >= 0.3 is 6.03 Å². The Hall–Kier alpha value is -2.09. The lowest BCUT2D eigenvalue weighted by Gasteiger charge is -2.41. The minimum absolute atomic E-state index is 0.166. The quantitative estimate of drug-likeness (QED) is 0.696. The molecule has 2 aliphatic rings. The molecular weight excluding hydrogens is 415 g/mol. The first-order chi connectivity index (χ1) is 12.6. The van der Waals surface area contributed by atoms with Gasteiger partial charge in [-0.3, -0.25) is 4.79 Å². The fourth-order valence-electron chi connectivity index (χ4n) is 3.69. The molecule has 3 N–H and O–H groups in total. The van der Waals surface area contributed by atoms with Crippen LogP contribution in [0, 0.1) is 11.7 Å². The van der Waals surface area contributed by atoms with Crippen LogP contribution < -0.4 is 11.1 Å². The number of piperazine rings is 1. The maximum Gasteiger partial charge on any atom is 0.317 e. The molecule has 3 rings (SSSR count). The first kappa shape index (κ1) is 19.7. The topological polar surface area (TPSA) is 78.7 Å². The molecule has 2 unspecified atom stereocenters. The van der Waals surface area contributed by atoms with Gasteiger partial charge < -0.3 is 20.9 Å². The first-order valence-electron chi connectivity index (χ1n) is 8.87. The monoisotopic (exact) mass is 438 g/mol. The Morgan fingerprint density at radius 3 is 2.59 bits per heavy atom. The molecule has 3 amide bonds. The van der Waals surface area contributed by atoms with Crippen LogP contribution in [0.25, 0.3) is 5.57 Å². The fourth-order valence-corrected chi connectivity index (χ4v) is 4.60. The van der Waals surface area contributed by atoms with E-state index in [0.29, 0.717) is 30.8 Å². The smallest absolute Gasteiger partial charge is 0.317 e. The number of nitrogens with zero attached hydrogens (tertiary/aromatic N) is 2. The second-order valence-corrected chi connectivity index (χ2v) is 8.73. The Labute approximate surface area is 166 Å². The van der Waals surface area contributed by atoms with Gasteiger partial charge in [0.15, 0.2) is 0 Å². The maximum atomic E-state index is 13.7. The molecule has 2 heterocycles. The summed E-state index contributed by atoms with van der Waals surface area (Å²) < 4.78 is 14.5. The highest BCUT2D eigenvalue weighted by Gasteiger charge is 2.46. The van der Waals surface area contributed by atoms with Crippen molar-refractivity contribution in [3.63, 3.8) is 0 Å². The van der Waals surface area contributed by atoms with E-state index in [1.807, 2.05) is 25.7 Å². The number of halogens is 2. The molecule has 0 aromatic heterocycles. The van der Waals surface area contributed by atoms with E-state index in [-0.39, 0.29) is 23.4 Å². The average molecular weight is 439 g/mol. The van der Waals surface area contributed by atoms with E-state index in [9.17, 15) is 14.0 Å². The molecule has 0 saturated carbocycles. The molecule has 1 aromatic carbocycles. The summed E-state index contributed by atoms with van der Waals surface area (Å²) >= 11 is 3.58. The SMILES string of the molecule is CC(C)(C)NC(=O)N1CCN2C(Br)=C(c3cccc(F)c3)C(C(N)=O)C2C1. The van der Waals surface area contributed by atoms with Crippen LogP contribution in [0.1, 0.15) is 26.3 Å². The largest absolute Gasteiger partial charge is 0.369 e. The van der Waals surface area contributed by atoms with E-state index in [4.69, 9.17) is 5.73 Å². The van der Waals surface area contributed by atoms with Gasteiger partial charge in [-0.1, -0.05) is 12.1 Å².